The predicted octanol–water partition coefficient (Wildman–Crippen LogP) is -1.25. The second-order valence-electron chi connectivity index (χ2n) is 7.05. The van der Waals surface area contributed by atoms with Crippen molar-refractivity contribution in [1.82, 2.24) is 14.6 Å². The third-order valence-corrected chi connectivity index (χ3v) is 4.07. The molecule has 1 saturated heterocycles. The Morgan fingerprint density at radius 1 is 1.35 bits per heavy atom. The molecule has 4 atom stereocenters. The van der Waals surface area contributed by atoms with Crippen molar-refractivity contribution in [3.05, 3.63) is 32.6 Å². The lowest BCUT2D eigenvalue weighted by atomic mass is 9.96. The first kappa shape index (κ1) is 20.7. The Kier molecular flexibility index (Phi) is 6.37. The first-order valence-corrected chi connectivity index (χ1v) is 8.32. The van der Waals surface area contributed by atoms with Gasteiger partial charge in [-0.1, -0.05) is 0 Å². The summed E-state index contributed by atoms with van der Waals surface area (Å²) in [6, 6.07) is 0. The van der Waals surface area contributed by atoms with E-state index in [0.717, 1.165) is 4.57 Å². The summed E-state index contributed by atoms with van der Waals surface area (Å²) in [5, 5.41) is 22.4. The number of H-pyrrole nitrogens is 1. The van der Waals surface area contributed by atoms with Crippen molar-refractivity contribution in [2.75, 3.05) is 27.3 Å². The molecule has 1 aliphatic heterocycles. The molecule has 1 aliphatic rings. The topological polar surface area (TPSA) is 126 Å². The Hall–Kier alpha value is -1.56. The van der Waals surface area contributed by atoms with Crippen LogP contribution in [0.2, 0.25) is 0 Å². The standard InChI is InChI=1S/C16H27N3O7/c1-9-8-19(15(22)17-13(9)21)14-11(24-6-7-25-18(4)5)10(20)12(26-14)16(2,3)23/h8,10-12,14,20,23H,6-7H2,1-5H3,(H,17,21,22)/t10-,11+,12-,14+/m0/s1. The van der Waals surface area contributed by atoms with Gasteiger partial charge in [0.15, 0.2) is 6.23 Å². The Balaban J connectivity index is 2.29. The minimum atomic E-state index is -1.36. The molecule has 0 bridgehead atoms. The van der Waals surface area contributed by atoms with Crippen LogP contribution in [0.25, 0.3) is 0 Å². The lowest BCUT2D eigenvalue weighted by molar-refractivity contribution is -0.151. The fourth-order valence-corrected chi connectivity index (χ4v) is 2.82. The number of hydrogen-bond acceptors (Lipinski definition) is 8. The monoisotopic (exact) mass is 373 g/mol. The fourth-order valence-electron chi connectivity index (χ4n) is 2.82. The summed E-state index contributed by atoms with van der Waals surface area (Å²) < 4.78 is 12.6. The van der Waals surface area contributed by atoms with Crippen molar-refractivity contribution in [3.8, 4) is 0 Å². The number of hydroxylamine groups is 2. The predicted molar refractivity (Wildman–Crippen MR) is 91.7 cm³/mol. The molecule has 1 aromatic heterocycles. The summed E-state index contributed by atoms with van der Waals surface area (Å²) in [7, 11) is 3.45. The van der Waals surface area contributed by atoms with Gasteiger partial charge in [0, 0.05) is 25.9 Å². The van der Waals surface area contributed by atoms with Crippen LogP contribution in [0.15, 0.2) is 15.8 Å². The van der Waals surface area contributed by atoms with Gasteiger partial charge >= 0.3 is 5.69 Å². The summed E-state index contributed by atoms with van der Waals surface area (Å²) in [5.74, 6) is 0. The van der Waals surface area contributed by atoms with Gasteiger partial charge in [-0.3, -0.25) is 19.2 Å². The molecule has 0 saturated carbocycles. The summed E-state index contributed by atoms with van der Waals surface area (Å²) in [6.45, 7) is 4.91. The van der Waals surface area contributed by atoms with Crippen LogP contribution in [0.5, 0.6) is 0 Å². The number of aryl methyl sites for hydroxylation is 1. The van der Waals surface area contributed by atoms with Crippen LogP contribution in [-0.2, 0) is 14.3 Å². The van der Waals surface area contributed by atoms with Crippen LogP contribution in [0.3, 0.4) is 0 Å². The van der Waals surface area contributed by atoms with E-state index in [9.17, 15) is 19.8 Å². The Bertz CT molecular complexity index is 722. The normalized spacial score (nSPS) is 26.6. The van der Waals surface area contributed by atoms with E-state index in [1.165, 1.54) is 25.1 Å². The fraction of sp³-hybridized carbons (Fsp3) is 0.750. The third-order valence-electron chi connectivity index (χ3n) is 4.07. The van der Waals surface area contributed by atoms with Gasteiger partial charge < -0.3 is 19.7 Å². The van der Waals surface area contributed by atoms with Crippen molar-refractivity contribution in [1.29, 1.82) is 0 Å². The van der Waals surface area contributed by atoms with Crippen LogP contribution in [0.1, 0.15) is 25.6 Å². The number of rotatable bonds is 7. The number of ether oxygens (including phenoxy) is 2. The maximum absolute atomic E-state index is 12.2. The largest absolute Gasteiger partial charge is 0.388 e. The van der Waals surface area contributed by atoms with E-state index in [1.54, 1.807) is 21.0 Å². The number of nitrogens with zero attached hydrogens (tertiary/aromatic N) is 2. The zero-order valence-corrected chi connectivity index (χ0v) is 15.6. The van der Waals surface area contributed by atoms with Gasteiger partial charge in [0.05, 0.1) is 18.8 Å². The summed E-state index contributed by atoms with van der Waals surface area (Å²) in [6.07, 6.45) is -2.76. The minimum Gasteiger partial charge on any atom is -0.388 e. The summed E-state index contributed by atoms with van der Waals surface area (Å²) in [4.78, 5) is 31.2. The average molecular weight is 373 g/mol. The molecule has 0 radical (unpaired) electrons. The highest BCUT2D eigenvalue weighted by Gasteiger charge is 2.51. The molecule has 0 aromatic carbocycles. The quantitative estimate of drug-likeness (QED) is 0.400. The molecule has 0 unspecified atom stereocenters. The number of aliphatic hydroxyl groups excluding tert-OH is 1. The van der Waals surface area contributed by atoms with Crippen molar-refractivity contribution < 1.29 is 24.5 Å². The zero-order valence-electron chi connectivity index (χ0n) is 15.6. The molecule has 1 fully saturated rings. The molecular weight excluding hydrogens is 346 g/mol. The summed E-state index contributed by atoms with van der Waals surface area (Å²) >= 11 is 0. The van der Waals surface area contributed by atoms with Gasteiger partial charge in [0.2, 0.25) is 0 Å². The molecule has 0 spiro atoms. The van der Waals surface area contributed by atoms with E-state index in [4.69, 9.17) is 14.3 Å². The number of aliphatic hydroxyl groups is 2. The van der Waals surface area contributed by atoms with Gasteiger partial charge in [-0.05, 0) is 20.8 Å². The van der Waals surface area contributed by atoms with Crippen LogP contribution in [0.4, 0.5) is 0 Å². The van der Waals surface area contributed by atoms with E-state index in [2.05, 4.69) is 4.98 Å². The minimum absolute atomic E-state index is 0.134. The molecule has 26 heavy (non-hydrogen) atoms. The molecule has 1 aromatic rings. The third kappa shape index (κ3) is 4.58. The first-order valence-electron chi connectivity index (χ1n) is 8.32. The molecule has 10 heteroatoms. The molecule has 2 rings (SSSR count). The van der Waals surface area contributed by atoms with E-state index < -0.39 is 41.4 Å². The van der Waals surface area contributed by atoms with E-state index in [0.29, 0.717) is 5.56 Å². The van der Waals surface area contributed by atoms with Crippen LogP contribution < -0.4 is 11.2 Å². The van der Waals surface area contributed by atoms with Crippen LogP contribution in [-0.4, -0.2) is 76.0 Å². The number of hydrogen-bond donors (Lipinski definition) is 3. The average Bonchev–Trinajstić information content (AvgIpc) is 2.84. The van der Waals surface area contributed by atoms with Crippen molar-refractivity contribution >= 4 is 0 Å². The molecule has 148 valence electrons. The van der Waals surface area contributed by atoms with Crippen molar-refractivity contribution in [2.45, 2.75) is 50.9 Å². The second kappa shape index (κ2) is 7.99. The van der Waals surface area contributed by atoms with E-state index in [-0.39, 0.29) is 13.2 Å². The van der Waals surface area contributed by atoms with Gasteiger partial charge in [0.1, 0.15) is 18.3 Å². The maximum atomic E-state index is 12.2. The van der Waals surface area contributed by atoms with E-state index >= 15 is 0 Å². The molecule has 2 heterocycles. The highest BCUT2D eigenvalue weighted by molar-refractivity contribution is 5.04. The second-order valence-corrected chi connectivity index (χ2v) is 7.05. The van der Waals surface area contributed by atoms with Crippen LogP contribution in [0, 0.1) is 6.92 Å². The highest BCUT2D eigenvalue weighted by atomic mass is 16.7. The van der Waals surface area contributed by atoms with Gasteiger partial charge in [0.25, 0.3) is 5.56 Å². The van der Waals surface area contributed by atoms with E-state index in [1.807, 2.05) is 0 Å². The van der Waals surface area contributed by atoms with Gasteiger partial charge in [-0.2, -0.15) is 5.06 Å². The van der Waals surface area contributed by atoms with Crippen LogP contribution >= 0.6 is 0 Å². The number of aromatic nitrogens is 2. The number of aromatic amines is 1. The van der Waals surface area contributed by atoms with Crippen molar-refractivity contribution in [2.24, 2.45) is 0 Å². The molecule has 3 N–H and O–H groups in total. The highest BCUT2D eigenvalue weighted by Crippen LogP contribution is 2.35. The van der Waals surface area contributed by atoms with Gasteiger partial charge in [-0.25, -0.2) is 4.79 Å². The SMILES string of the molecule is Cc1cn([C@@H]2O[C@H](C(C)(C)O)[C@@H](O)[C@H]2OCCON(C)C)c(=O)[nH]c1=O. The molecular formula is C16H27N3O7. The number of nitrogens with one attached hydrogen (secondary N) is 1. The Labute approximate surface area is 150 Å². The smallest absolute Gasteiger partial charge is 0.330 e. The summed E-state index contributed by atoms with van der Waals surface area (Å²) in [5.41, 5.74) is -2.24. The Morgan fingerprint density at radius 3 is 2.58 bits per heavy atom. The first-order chi connectivity index (χ1) is 12.0. The molecule has 10 nitrogen and oxygen atoms in total. The molecule has 0 amide bonds. The lowest BCUT2D eigenvalue weighted by Gasteiger charge is -2.27. The van der Waals surface area contributed by atoms with Gasteiger partial charge in [-0.15, -0.1) is 0 Å². The maximum Gasteiger partial charge on any atom is 0.330 e. The van der Waals surface area contributed by atoms with Crippen molar-refractivity contribution in [3.63, 3.8) is 0 Å². The molecule has 0 aliphatic carbocycles. The Morgan fingerprint density at radius 2 is 2.00 bits per heavy atom. The lowest BCUT2D eigenvalue weighted by Crippen LogP contribution is -2.45. The zero-order chi connectivity index (χ0) is 19.6.